The lowest BCUT2D eigenvalue weighted by atomic mass is 10.1. The third-order valence-electron chi connectivity index (χ3n) is 5.62. The van der Waals surface area contributed by atoms with Crippen LogP contribution in [-0.2, 0) is 6.18 Å². The number of rotatable bonds is 5. The van der Waals surface area contributed by atoms with E-state index in [9.17, 15) is 22.4 Å². The van der Waals surface area contributed by atoms with E-state index in [0.29, 0.717) is 45.8 Å². The fourth-order valence-electron chi connectivity index (χ4n) is 3.81. The van der Waals surface area contributed by atoms with Gasteiger partial charge in [-0.2, -0.15) is 13.2 Å². The maximum Gasteiger partial charge on any atom is 0.419 e. The van der Waals surface area contributed by atoms with E-state index < -0.39 is 29.2 Å². The number of fused-ring (bicyclic) bond motifs is 1. The number of aryl methyl sites for hydroxylation is 2. The minimum Gasteiger partial charge on any atom is -0.339 e. The Kier molecular flexibility index (Phi) is 6.18. The summed E-state index contributed by atoms with van der Waals surface area (Å²) in [6.07, 6.45) is -1.23. The molecule has 0 bridgehead atoms. The Labute approximate surface area is 212 Å². The Bertz CT molecular complexity index is 1680. The van der Waals surface area contributed by atoms with Crippen LogP contribution in [-0.4, -0.2) is 35.8 Å². The fraction of sp³-hybridized carbons (Fsp3) is 0.120. The summed E-state index contributed by atoms with van der Waals surface area (Å²) < 4.78 is 53.5. The number of aromatic amines is 1. The number of hydrogen-bond donors (Lipinski definition) is 3. The third kappa shape index (κ3) is 4.73. The predicted molar refractivity (Wildman–Crippen MR) is 131 cm³/mol. The molecular formula is C25H18F4N8O. The third-order valence-corrected chi connectivity index (χ3v) is 5.62. The molecule has 5 rings (SSSR count). The van der Waals surface area contributed by atoms with E-state index in [1.54, 1.807) is 31.3 Å². The van der Waals surface area contributed by atoms with Gasteiger partial charge >= 0.3 is 6.18 Å². The molecule has 0 spiro atoms. The number of carbonyl (C=O) groups is 1. The molecule has 4 aromatic heterocycles. The largest absolute Gasteiger partial charge is 0.419 e. The van der Waals surface area contributed by atoms with E-state index in [0.717, 1.165) is 11.8 Å². The molecule has 0 fully saturated rings. The number of aromatic nitrogens is 6. The first-order valence-electron chi connectivity index (χ1n) is 11.1. The molecule has 1 amide bonds. The van der Waals surface area contributed by atoms with Gasteiger partial charge < -0.3 is 15.6 Å². The van der Waals surface area contributed by atoms with Crippen LogP contribution in [0.25, 0.3) is 22.4 Å². The van der Waals surface area contributed by atoms with Crippen LogP contribution in [0.2, 0.25) is 0 Å². The number of anilines is 3. The molecule has 0 atom stereocenters. The first kappa shape index (κ1) is 24.7. The van der Waals surface area contributed by atoms with Crippen molar-refractivity contribution in [2.75, 3.05) is 10.6 Å². The van der Waals surface area contributed by atoms with E-state index in [1.165, 1.54) is 12.4 Å². The smallest absolute Gasteiger partial charge is 0.339 e. The Balaban J connectivity index is 1.46. The first-order chi connectivity index (χ1) is 18.1. The van der Waals surface area contributed by atoms with E-state index in [2.05, 4.69) is 40.5 Å². The van der Waals surface area contributed by atoms with Crippen molar-refractivity contribution in [1.29, 1.82) is 0 Å². The summed E-state index contributed by atoms with van der Waals surface area (Å²) in [7, 11) is 0. The molecule has 0 aliphatic heterocycles. The highest BCUT2D eigenvalue weighted by molar-refractivity contribution is 6.03. The van der Waals surface area contributed by atoms with E-state index in [4.69, 9.17) is 0 Å². The molecule has 0 unspecified atom stereocenters. The van der Waals surface area contributed by atoms with Crippen LogP contribution in [0.15, 0.2) is 55.1 Å². The molecule has 1 aromatic carbocycles. The molecule has 13 heteroatoms. The Hall–Kier alpha value is -4.94. The minimum atomic E-state index is -4.97. The Morgan fingerprint density at radius 2 is 1.82 bits per heavy atom. The van der Waals surface area contributed by atoms with Crippen LogP contribution in [0.4, 0.5) is 34.8 Å². The summed E-state index contributed by atoms with van der Waals surface area (Å²) >= 11 is 0. The molecule has 4 heterocycles. The van der Waals surface area contributed by atoms with Gasteiger partial charge in [0.15, 0.2) is 17.2 Å². The Morgan fingerprint density at radius 3 is 2.61 bits per heavy atom. The molecule has 0 radical (unpaired) electrons. The summed E-state index contributed by atoms with van der Waals surface area (Å²) in [6, 6.07) is 8.78. The number of pyridine rings is 2. The van der Waals surface area contributed by atoms with Crippen LogP contribution in [0, 0.1) is 19.7 Å². The van der Waals surface area contributed by atoms with Gasteiger partial charge in [0.25, 0.3) is 5.91 Å². The highest BCUT2D eigenvalue weighted by atomic mass is 19.4. The molecule has 0 saturated heterocycles. The van der Waals surface area contributed by atoms with Crippen molar-refractivity contribution in [3.05, 3.63) is 83.6 Å². The van der Waals surface area contributed by atoms with E-state index in [1.807, 2.05) is 13.0 Å². The van der Waals surface area contributed by atoms with Gasteiger partial charge in [0, 0.05) is 29.3 Å². The van der Waals surface area contributed by atoms with Gasteiger partial charge in [0.2, 0.25) is 0 Å². The quantitative estimate of drug-likeness (QED) is 0.258. The van der Waals surface area contributed by atoms with Gasteiger partial charge in [0.1, 0.15) is 29.2 Å². The lowest BCUT2D eigenvalue weighted by Gasteiger charge is -2.15. The fourth-order valence-corrected chi connectivity index (χ4v) is 3.81. The summed E-state index contributed by atoms with van der Waals surface area (Å²) in [5, 5.41) is 5.61. The lowest BCUT2D eigenvalue weighted by molar-refractivity contribution is -0.140. The highest BCUT2D eigenvalue weighted by Gasteiger charge is 2.36. The number of benzene rings is 1. The van der Waals surface area contributed by atoms with Crippen molar-refractivity contribution in [3.8, 4) is 11.3 Å². The molecule has 0 aliphatic rings. The van der Waals surface area contributed by atoms with Gasteiger partial charge in [0.05, 0.1) is 5.56 Å². The monoisotopic (exact) mass is 522 g/mol. The second kappa shape index (κ2) is 9.50. The van der Waals surface area contributed by atoms with Crippen molar-refractivity contribution >= 4 is 34.3 Å². The molecule has 0 saturated carbocycles. The normalized spacial score (nSPS) is 11.5. The number of nitrogens with one attached hydrogen (secondary N) is 3. The number of alkyl halides is 3. The van der Waals surface area contributed by atoms with Gasteiger partial charge in [-0.3, -0.25) is 4.79 Å². The zero-order valence-corrected chi connectivity index (χ0v) is 19.9. The van der Waals surface area contributed by atoms with Gasteiger partial charge in [-0.1, -0.05) is 6.07 Å². The molecule has 38 heavy (non-hydrogen) atoms. The number of halogens is 4. The summed E-state index contributed by atoms with van der Waals surface area (Å²) in [6.45, 7) is 3.61. The zero-order chi connectivity index (χ0) is 27.0. The van der Waals surface area contributed by atoms with Crippen LogP contribution in [0.5, 0.6) is 0 Å². The SMILES string of the molecule is Cc1nc2c(-c3cccnc3Nc3cc(NC(=O)c4nccc(C(F)(F)F)c4F)ccc3C)ncnc2[nH]1. The van der Waals surface area contributed by atoms with Crippen molar-refractivity contribution in [2.45, 2.75) is 20.0 Å². The molecule has 5 aromatic rings. The van der Waals surface area contributed by atoms with Crippen LogP contribution >= 0.6 is 0 Å². The van der Waals surface area contributed by atoms with E-state index >= 15 is 0 Å². The molecular weight excluding hydrogens is 504 g/mol. The Morgan fingerprint density at radius 1 is 1.00 bits per heavy atom. The second-order valence-corrected chi connectivity index (χ2v) is 8.27. The summed E-state index contributed by atoms with van der Waals surface area (Å²) in [5.41, 5.74) is 1.27. The molecule has 192 valence electrons. The topological polar surface area (TPSA) is 121 Å². The first-order valence-corrected chi connectivity index (χ1v) is 11.1. The standard InChI is InChI=1S/C25H18F4N8O/c1-12-5-6-14(36-24(38)20-18(26)16(7-9-30-20)25(27,28)29)10-17(12)37-22-15(4-3-8-31-22)19-21-23(33-11-32-19)35-13(2)34-21/h3-11H,1-2H3,(H,31,37)(H,36,38)(H,32,33,34,35). The van der Waals surface area contributed by atoms with Crippen molar-refractivity contribution in [1.82, 2.24) is 29.9 Å². The molecule has 3 N–H and O–H groups in total. The minimum absolute atomic E-state index is 0.201. The maximum absolute atomic E-state index is 14.4. The van der Waals surface area contributed by atoms with Gasteiger partial charge in [-0.25, -0.2) is 29.3 Å². The number of imidazole rings is 1. The van der Waals surface area contributed by atoms with Crippen molar-refractivity contribution in [2.24, 2.45) is 0 Å². The average molecular weight is 522 g/mol. The zero-order valence-electron chi connectivity index (χ0n) is 19.9. The van der Waals surface area contributed by atoms with Crippen LogP contribution < -0.4 is 10.6 Å². The lowest BCUT2D eigenvalue weighted by Crippen LogP contribution is -2.19. The predicted octanol–water partition coefficient (Wildman–Crippen LogP) is 5.58. The number of nitrogens with zero attached hydrogens (tertiary/aromatic N) is 5. The second-order valence-electron chi connectivity index (χ2n) is 8.27. The molecule has 0 aliphatic carbocycles. The van der Waals surface area contributed by atoms with E-state index in [-0.39, 0.29) is 5.69 Å². The van der Waals surface area contributed by atoms with Crippen LogP contribution in [0.1, 0.15) is 27.4 Å². The molecule has 9 nitrogen and oxygen atoms in total. The number of carbonyl (C=O) groups excluding carboxylic acids is 1. The highest BCUT2D eigenvalue weighted by Crippen LogP contribution is 2.34. The van der Waals surface area contributed by atoms with Gasteiger partial charge in [-0.05, 0) is 49.7 Å². The maximum atomic E-state index is 14.4. The number of hydrogen-bond acceptors (Lipinski definition) is 7. The van der Waals surface area contributed by atoms with Crippen molar-refractivity contribution < 1.29 is 22.4 Å². The average Bonchev–Trinajstić information content (AvgIpc) is 3.26. The summed E-state index contributed by atoms with van der Waals surface area (Å²) in [5.74, 6) is -1.76. The van der Waals surface area contributed by atoms with Crippen LogP contribution in [0.3, 0.4) is 0 Å². The van der Waals surface area contributed by atoms with Crippen molar-refractivity contribution in [3.63, 3.8) is 0 Å². The number of H-pyrrole nitrogens is 1. The summed E-state index contributed by atoms with van der Waals surface area (Å²) in [4.78, 5) is 36.6. The number of amides is 1. The van der Waals surface area contributed by atoms with Gasteiger partial charge in [-0.15, -0.1) is 0 Å².